The largest absolute Gasteiger partial charge is 0.493 e. The minimum absolute atomic E-state index is 0.559. The highest BCUT2D eigenvalue weighted by Gasteiger charge is 2.07. The number of methoxy groups -OCH3 is 1. The van der Waals surface area contributed by atoms with Crippen molar-refractivity contribution < 1.29 is 9.47 Å². The Morgan fingerprint density at radius 3 is 2.65 bits per heavy atom. The molecular formula is C17H16O2S. The second-order valence-corrected chi connectivity index (χ2v) is 5.61. The molecule has 0 fully saturated rings. The first-order valence-corrected chi connectivity index (χ1v) is 7.38. The van der Waals surface area contributed by atoms with Gasteiger partial charge in [0.05, 0.1) is 7.11 Å². The number of hydrogen-bond acceptors (Lipinski definition) is 3. The fourth-order valence-corrected chi connectivity index (χ4v) is 3.13. The number of fused-ring (bicyclic) bond motifs is 1. The van der Waals surface area contributed by atoms with E-state index in [4.69, 9.17) is 9.47 Å². The summed E-state index contributed by atoms with van der Waals surface area (Å²) < 4.78 is 12.5. The molecule has 0 saturated heterocycles. The number of rotatable bonds is 4. The summed E-state index contributed by atoms with van der Waals surface area (Å²) in [6, 6.07) is 14.3. The van der Waals surface area contributed by atoms with Crippen LogP contribution in [-0.2, 0) is 6.61 Å². The van der Waals surface area contributed by atoms with Gasteiger partial charge in [0.15, 0.2) is 11.5 Å². The summed E-state index contributed by atoms with van der Waals surface area (Å²) in [5, 5.41) is 3.45. The van der Waals surface area contributed by atoms with Gasteiger partial charge in [0, 0.05) is 10.3 Å². The molecule has 0 unspecified atom stereocenters. The van der Waals surface area contributed by atoms with Crippen LogP contribution in [0.25, 0.3) is 10.1 Å². The Labute approximate surface area is 122 Å². The molecule has 0 amide bonds. The van der Waals surface area contributed by atoms with Crippen molar-refractivity contribution in [3.05, 3.63) is 59.0 Å². The molecule has 102 valence electrons. The molecule has 0 N–H and O–H groups in total. The van der Waals surface area contributed by atoms with Gasteiger partial charge in [0.1, 0.15) is 6.61 Å². The molecule has 0 aliphatic carbocycles. The Balaban J connectivity index is 1.85. The fourth-order valence-electron chi connectivity index (χ4n) is 2.20. The van der Waals surface area contributed by atoms with E-state index in [9.17, 15) is 0 Å². The number of hydrogen-bond donors (Lipinski definition) is 0. The van der Waals surface area contributed by atoms with Crippen LogP contribution in [0.4, 0.5) is 0 Å². The van der Waals surface area contributed by atoms with Gasteiger partial charge in [-0.05, 0) is 35.9 Å². The van der Waals surface area contributed by atoms with Crippen LogP contribution >= 0.6 is 11.3 Å². The van der Waals surface area contributed by atoms with Crippen molar-refractivity contribution in [3.8, 4) is 11.5 Å². The predicted molar refractivity (Wildman–Crippen MR) is 83.9 cm³/mol. The van der Waals surface area contributed by atoms with Crippen LogP contribution in [-0.4, -0.2) is 7.11 Å². The summed E-state index contributed by atoms with van der Waals surface area (Å²) in [6.45, 7) is 2.67. The van der Waals surface area contributed by atoms with E-state index in [-0.39, 0.29) is 0 Å². The quantitative estimate of drug-likeness (QED) is 0.685. The molecule has 1 heterocycles. The van der Waals surface area contributed by atoms with Crippen molar-refractivity contribution >= 4 is 21.4 Å². The van der Waals surface area contributed by atoms with E-state index in [2.05, 4.69) is 30.5 Å². The lowest BCUT2D eigenvalue weighted by Gasteiger charge is -2.09. The maximum atomic E-state index is 5.90. The molecule has 2 nitrogen and oxygen atoms in total. The van der Waals surface area contributed by atoms with Gasteiger partial charge in [-0.3, -0.25) is 0 Å². The van der Waals surface area contributed by atoms with Gasteiger partial charge < -0.3 is 9.47 Å². The SMILES string of the molecule is COc1ccccc1OCc1csc2ccc(C)cc12. The van der Waals surface area contributed by atoms with Gasteiger partial charge in [-0.1, -0.05) is 29.8 Å². The third-order valence-corrected chi connectivity index (χ3v) is 4.27. The number of para-hydroxylation sites is 2. The first-order valence-electron chi connectivity index (χ1n) is 6.50. The molecule has 0 aliphatic heterocycles. The van der Waals surface area contributed by atoms with Crippen LogP contribution in [0, 0.1) is 6.92 Å². The van der Waals surface area contributed by atoms with Crippen molar-refractivity contribution in [2.45, 2.75) is 13.5 Å². The third kappa shape index (κ3) is 2.49. The molecule has 0 atom stereocenters. The predicted octanol–water partition coefficient (Wildman–Crippen LogP) is 4.80. The minimum atomic E-state index is 0.559. The Morgan fingerprint density at radius 2 is 1.85 bits per heavy atom. The lowest BCUT2D eigenvalue weighted by molar-refractivity contribution is 0.286. The summed E-state index contributed by atoms with van der Waals surface area (Å²) in [5.74, 6) is 1.55. The summed E-state index contributed by atoms with van der Waals surface area (Å²) in [5.41, 5.74) is 2.49. The average molecular weight is 284 g/mol. The van der Waals surface area contributed by atoms with Crippen molar-refractivity contribution in [2.75, 3.05) is 7.11 Å². The maximum absolute atomic E-state index is 5.90. The van der Waals surface area contributed by atoms with Gasteiger partial charge in [0.25, 0.3) is 0 Å². The van der Waals surface area contributed by atoms with Crippen LogP contribution in [0.15, 0.2) is 47.8 Å². The van der Waals surface area contributed by atoms with E-state index in [1.807, 2.05) is 24.3 Å². The molecule has 0 aliphatic rings. The number of ether oxygens (including phenoxy) is 2. The topological polar surface area (TPSA) is 18.5 Å². The first-order chi connectivity index (χ1) is 9.78. The van der Waals surface area contributed by atoms with Crippen LogP contribution < -0.4 is 9.47 Å². The Kier molecular flexibility index (Phi) is 3.61. The van der Waals surface area contributed by atoms with E-state index in [0.29, 0.717) is 6.61 Å². The van der Waals surface area contributed by atoms with Gasteiger partial charge in [-0.15, -0.1) is 11.3 Å². The molecule has 0 radical (unpaired) electrons. The Morgan fingerprint density at radius 1 is 1.05 bits per heavy atom. The minimum Gasteiger partial charge on any atom is -0.493 e. The van der Waals surface area contributed by atoms with Crippen molar-refractivity contribution in [1.29, 1.82) is 0 Å². The second kappa shape index (κ2) is 5.55. The molecule has 0 spiro atoms. The zero-order valence-electron chi connectivity index (χ0n) is 11.6. The zero-order valence-corrected chi connectivity index (χ0v) is 12.4. The van der Waals surface area contributed by atoms with Crippen molar-refractivity contribution in [1.82, 2.24) is 0 Å². The molecular weight excluding hydrogens is 268 g/mol. The van der Waals surface area contributed by atoms with Crippen LogP contribution in [0.1, 0.15) is 11.1 Å². The summed E-state index contributed by atoms with van der Waals surface area (Å²) in [6.07, 6.45) is 0. The smallest absolute Gasteiger partial charge is 0.161 e. The molecule has 1 aromatic heterocycles. The molecule has 3 heteroatoms. The van der Waals surface area contributed by atoms with Crippen LogP contribution in [0.2, 0.25) is 0 Å². The molecule has 20 heavy (non-hydrogen) atoms. The second-order valence-electron chi connectivity index (χ2n) is 4.70. The standard InChI is InChI=1S/C17H16O2S/c1-12-7-8-17-14(9-12)13(11-20-17)10-19-16-6-4-3-5-15(16)18-2/h3-9,11H,10H2,1-2H3. The lowest BCUT2D eigenvalue weighted by atomic mass is 10.1. The highest BCUT2D eigenvalue weighted by Crippen LogP contribution is 2.30. The summed E-state index contributed by atoms with van der Waals surface area (Å²) >= 11 is 1.76. The van der Waals surface area contributed by atoms with Gasteiger partial charge in [-0.25, -0.2) is 0 Å². The first kappa shape index (κ1) is 13.0. The zero-order chi connectivity index (χ0) is 13.9. The van der Waals surface area contributed by atoms with Crippen LogP contribution in [0.3, 0.4) is 0 Å². The van der Waals surface area contributed by atoms with Crippen molar-refractivity contribution in [3.63, 3.8) is 0 Å². The number of aryl methyl sites for hydroxylation is 1. The third-order valence-electron chi connectivity index (χ3n) is 3.26. The molecule has 3 aromatic rings. The summed E-state index contributed by atoms with van der Waals surface area (Å²) in [4.78, 5) is 0. The van der Waals surface area contributed by atoms with E-state index in [0.717, 1.165) is 11.5 Å². The number of benzene rings is 2. The Hall–Kier alpha value is -2.00. The van der Waals surface area contributed by atoms with Gasteiger partial charge >= 0.3 is 0 Å². The highest BCUT2D eigenvalue weighted by molar-refractivity contribution is 7.17. The van der Waals surface area contributed by atoms with Gasteiger partial charge in [-0.2, -0.15) is 0 Å². The normalized spacial score (nSPS) is 10.7. The number of thiophene rings is 1. The lowest BCUT2D eigenvalue weighted by Crippen LogP contribution is -1.96. The molecule has 2 aromatic carbocycles. The van der Waals surface area contributed by atoms with Gasteiger partial charge in [0.2, 0.25) is 0 Å². The highest BCUT2D eigenvalue weighted by atomic mass is 32.1. The van der Waals surface area contributed by atoms with Crippen molar-refractivity contribution in [2.24, 2.45) is 0 Å². The molecule has 0 saturated carbocycles. The summed E-state index contributed by atoms with van der Waals surface area (Å²) in [7, 11) is 1.66. The molecule has 0 bridgehead atoms. The monoisotopic (exact) mass is 284 g/mol. The fraction of sp³-hybridized carbons (Fsp3) is 0.176. The molecule has 3 rings (SSSR count). The Bertz CT molecular complexity index is 731. The van der Waals surface area contributed by atoms with E-state index in [1.54, 1.807) is 18.4 Å². The van der Waals surface area contributed by atoms with Crippen LogP contribution in [0.5, 0.6) is 11.5 Å². The average Bonchev–Trinajstić information content (AvgIpc) is 2.87. The van der Waals surface area contributed by atoms with E-state index >= 15 is 0 Å². The van der Waals surface area contributed by atoms with E-state index < -0.39 is 0 Å². The van der Waals surface area contributed by atoms with E-state index in [1.165, 1.54) is 21.2 Å². The maximum Gasteiger partial charge on any atom is 0.161 e.